The van der Waals surface area contributed by atoms with E-state index in [-0.39, 0.29) is 12.4 Å². The van der Waals surface area contributed by atoms with Crippen molar-refractivity contribution in [3.05, 3.63) is 42.0 Å². The van der Waals surface area contributed by atoms with Gasteiger partial charge < -0.3 is 10.7 Å². The highest BCUT2D eigenvalue weighted by Crippen LogP contribution is 2.18. The average Bonchev–Trinajstić information content (AvgIpc) is 2.71. The van der Waals surface area contributed by atoms with Gasteiger partial charge in [-0.25, -0.2) is 9.37 Å². The first kappa shape index (κ1) is 8.90. The Bertz CT molecular complexity index is 423. The van der Waals surface area contributed by atoms with Gasteiger partial charge in [0.25, 0.3) is 0 Å². The Morgan fingerprint density at radius 1 is 1.43 bits per heavy atom. The molecule has 4 heteroatoms. The summed E-state index contributed by atoms with van der Waals surface area (Å²) < 4.78 is 13.1. The standard InChI is InChI=1S/C10H10FN3/c11-9-2-1-7(5-8(9)6-12)10-13-3-4-14-10/h1-5H,6,12H2,(H,13,14). The molecule has 0 atom stereocenters. The Kier molecular flexibility index (Phi) is 2.28. The number of H-pyrrole nitrogens is 1. The second-order valence-corrected chi connectivity index (χ2v) is 2.95. The van der Waals surface area contributed by atoms with E-state index in [1.807, 2.05) is 0 Å². The molecule has 0 unspecified atom stereocenters. The molecule has 0 spiro atoms. The van der Waals surface area contributed by atoms with Gasteiger partial charge >= 0.3 is 0 Å². The van der Waals surface area contributed by atoms with Gasteiger partial charge in [-0.1, -0.05) is 0 Å². The molecule has 0 aliphatic rings. The van der Waals surface area contributed by atoms with Crippen LogP contribution in [0.15, 0.2) is 30.6 Å². The highest BCUT2D eigenvalue weighted by molar-refractivity contribution is 5.56. The average molecular weight is 191 g/mol. The van der Waals surface area contributed by atoms with Crippen LogP contribution < -0.4 is 5.73 Å². The van der Waals surface area contributed by atoms with Crippen LogP contribution in [0.3, 0.4) is 0 Å². The molecule has 1 aromatic heterocycles. The van der Waals surface area contributed by atoms with Crippen LogP contribution in [-0.4, -0.2) is 9.97 Å². The fraction of sp³-hybridized carbons (Fsp3) is 0.100. The van der Waals surface area contributed by atoms with Crippen LogP contribution in [0.5, 0.6) is 0 Å². The normalized spacial score (nSPS) is 10.4. The first-order valence-electron chi connectivity index (χ1n) is 4.29. The summed E-state index contributed by atoms with van der Waals surface area (Å²) >= 11 is 0. The maximum absolute atomic E-state index is 13.1. The summed E-state index contributed by atoms with van der Waals surface area (Å²) in [5.74, 6) is 0.447. The van der Waals surface area contributed by atoms with E-state index in [1.165, 1.54) is 6.07 Å². The third-order valence-corrected chi connectivity index (χ3v) is 2.04. The van der Waals surface area contributed by atoms with Crippen LogP contribution in [0, 0.1) is 5.82 Å². The Hall–Kier alpha value is -1.68. The van der Waals surface area contributed by atoms with E-state index in [9.17, 15) is 4.39 Å². The molecule has 1 aromatic carbocycles. The van der Waals surface area contributed by atoms with E-state index in [1.54, 1.807) is 24.5 Å². The Morgan fingerprint density at radius 3 is 2.93 bits per heavy atom. The Labute approximate surface area is 80.8 Å². The maximum Gasteiger partial charge on any atom is 0.137 e. The van der Waals surface area contributed by atoms with Gasteiger partial charge in [0.05, 0.1) is 0 Å². The predicted octanol–water partition coefficient (Wildman–Crippen LogP) is 1.67. The number of aromatic nitrogens is 2. The lowest BCUT2D eigenvalue weighted by Crippen LogP contribution is -2.00. The maximum atomic E-state index is 13.1. The van der Waals surface area contributed by atoms with Gasteiger partial charge in [-0.15, -0.1) is 0 Å². The summed E-state index contributed by atoms with van der Waals surface area (Å²) in [7, 11) is 0. The lowest BCUT2D eigenvalue weighted by atomic mass is 10.1. The molecule has 14 heavy (non-hydrogen) atoms. The smallest absolute Gasteiger partial charge is 0.137 e. The molecule has 0 radical (unpaired) electrons. The van der Waals surface area contributed by atoms with Gasteiger partial charge in [-0.3, -0.25) is 0 Å². The topological polar surface area (TPSA) is 54.7 Å². The highest BCUT2D eigenvalue weighted by Gasteiger charge is 2.04. The molecule has 0 bridgehead atoms. The molecular formula is C10H10FN3. The van der Waals surface area contributed by atoms with E-state index < -0.39 is 0 Å². The summed E-state index contributed by atoms with van der Waals surface area (Å²) in [4.78, 5) is 7.02. The minimum absolute atomic E-state index is 0.195. The summed E-state index contributed by atoms with van der Waals surface area (Å²) in [6.45, 7) is 0.195. The third kappa shape index (κ3) is 1.52. The van der Waals surface area contributed by atoms with Crippen molar-refractivity contribution in [2.75, 3.05) is 0 Å². The van der Waals surface area contributed by atoms with E-state index in [0.29, 0.717) is 5.56 Å². The molecule has 0 fully saturated rings. The molecule has 0 saturated carbocycles. The van der Waals surface area contributed by atoms with Crippen molar-refractivity contribution in [3.63, 3.8) is 0 Å². The van der Waals surface area contributed by atoms with Crippen LogP contribution in [-0.2, 0) is 6.54 Å². The predicted molar refractivity (Wildman–Crippen MR) is 51.9 cm³/mol. The molecule has 3 N–H and O–H groups in total. The largest absolute Gasteiger partial charge is 0.345 e. The molecule has 72 valence electrons. The van der Waals surface area contributed by atoms with E-state index in [0.717, 1.165) is 11.4 Å². The zero-order valence-corrected chi connectivity index (χ0v) is 7.50. The van der Waals surface area contributed by atoms with Crippen molar-refractivity contribution in [1.82, 2.24) is 9.97 Å². The van der Waals surface area contributed by atoms with Crippen LogP contribution in [0.4, 0.5) is 4.39 Å². The summed E-state index contributed by atoms with van der Waals surface area (Å²) in [6, 6.07) is 4.78. The molecule has 2 rings (SSSR count). The molecule has 0 amide bonds. The van der Waals surface area contributed by atoms with Crippen molar-refractivity contribution in [2.24, 2.45) is 5.73 Å². The second kappa shape index (κ2) is 3.59. The lowest BCUT2D eigenvalue weighted by Gasteiger charge is -2.02. The zero-order chi connectivity index (χ0) is 9.97. The third-order valence-electron chi connectivity index (χ3n) is 2.04. The summed E-state index contributed by atoms with van der Waals surface area (Å²) in [5.41, 5.74) is 6.75. The zero-order valence-electron chi connectivity index (χ0n) is 7.50. The van der Waals surface area contributed by atoms with Gasteiger partial charge in [0.2, 0.25) is 0 Å². The lowest BCUT2D eigenvalue weighted by molar-refractivity contribution is 0.611. The fourth-order valence-electron chi connectivity index (χ4n) is 1.30. The van der Waals surface area contributed by atoms with Crippen LogP contribution in [0.1, 0.15) is 5.56 Å². The minimum Gasteiger partial charge on any atom is -0.345 e. The molecule has 3 nitrogen and oxygen atoms in total. The molecular weight excluding hydrogens is 181 g/mol. The Morgan fingerprint density at radius 2 is 2.29 bits per heavy atom. The van der Waals surface area contributed by atoms with Gasteiger partial charge in [0.15, 0.2) is 0 Å². The number of nitrogens with zero attached hydrogens (tertiary/aromatic N) is 1. The quantitative estimate of drug-likeness (QED) is 0.758. The van der Waals surface area contributed by atoms with Crippen LogP contribution in [0.2, 0.25) is 0 Å². The SMILES string of the molecule is NCc1cc(-c2ncc[nH]2)ccc1F. The first-order valence-corrected chi connectivity index (χ1v) is 4.29. The number of halogens is 1. The fourth-order valence-corrected chi connectivity index (χ4v) is 1.30. The number of nitrogens with two attached hydrogens (primary N) is 1. The van der Waals surface area contributed by atoms with Crippen molar-refractivity contribution in [3.8, 4) is 11.4 Å². The van der Waals surface area contributed by atoms with Gasteiger partial charge in [0, 0.05) is 30.1 Å². The highest BCUT2D eigenvalue weighted by atomic mass is 19.1. The Balaban J connectivity index is 2.46. The number of imidazole rings is 1. The minimum atomic E-state index is -0.275. The number of hydrogen-bond donors (Lipinski definition) is 2. The number of rotatable bonds is 2. The van der Waals surface area contributed by atoms with Crippen LogP contribution in [0.25, 0.3) is 11.4 Å². The van der Waals surface area contributed by atoms with Crippen LogP contribution >= 0.6 is 0 Å². The van der Waals surface area contributed by atoms with E-state index in [4.69, 9.17) is 5.73 Å². The van der Waals surface area contributed by atoms with Gasteiger partial charge in [-0.2, -0.15) is 0 Å². The molecule has 1 heterocycles. The van der Waals surface area contributed by atoms with E-state index >= 15 is 0 Å². The number of hydrogen-bond acceptors (Lipinski definition) is 2. The number of aromatic amines is 1. The van der Waals surface area contributed by atoms with Crippen molar-refractivity contribution in [1.29, 1.82) is 0 Å². The molecule has 2 aromatic rings. The van der Waals surface area contributed by atoms with Gasteiger partial charge in [0.1, 0.15) is 11.6 Å². The monoisotopic (exact) mass is 191 g/mol. The first-order chi connectivity index (χ1) is 6.81. The number of benzene rings is 1. The summed E-state index contributed by atoms with van der Waals surface area (Å²) in [5, 5.41) is 0. The van der Waals surface area contributed by atoms with Crippen molar-refractivity contribution in [2.45, 2.75) is 6.54 Å². The van der Waals surface area contributed by atoms with Gasteiger partial charge in [-0.05, 0) is 18.2 Å². The number of nitrogens with one attached hydrogen (secondary N) is 1. The molecule has 0 aliphatic heterocycles. The second-order valence-electron chi connectivity index (χ2n) is 2.95. The summed E-state index contributed by atoms with van der Waals surface area (Å²) in [6.07, 6.45) is 3.38. The van der Waals surface area contributed by atoms with Crippen molar-refractivity contribution < 1.29 is 4.39 Å². The van der Waals surface area contributed by atoms with Crippen molar-refractivity contribution >= 4 is 0 Å². The molecule has 0 aliphatic carbocycles. The molecule has 0 saturated heterocycles. The van der Waals surface area contributed by atoms with E-state index in [2.05, 4.69) is 9.97 Å².